The Morgan fingerprint density at radius 2 is 1.83 bits per heavy atom. The Balaban J connectivity index is 1.37. The highest BCUT2D eigenvalue weighted by Crippen LogP contribution is 2.49. The second kappa shape index (κ2) is 11.9. The molecular weight excluding hydrogens is 622 g/mol. The van der Waals surface area contributed by atoms with Gasteiger partial charge in [0.15, 0.2) is 0 Å². The normalized spacial score (nSPS) is 14.5. The van der Waals surface area contributed by atoms with Crippen LogP contribution in [-0.4, -0.2) is 64.1 Å². The summed E-state index contributed by atoms with van der Waals surface area (Å²) in [5, 5.41) is 15.1. The minimum absolute atomic E-state index is 0.00561. The fourth-order valence-electron chi connectivity index (χ4n) is 5.77. The highest BCUT2D eigenvalue weighted by Gasteiger charge is 2.37. The van der Waals surface area contributed by atoms with Crippen molar-refractivity contribution in [2.45, 2.75) is 32.2 Å². The molecule has 1 aromatic carbocycles. The van der Waals surface area contributed by atoms with E-state index in [2.05, 4.69) is 20.6 Å². The number of carbonyl (C=O) groups excluding carboxylic acids is 1. The molecule has 0 saturated carbocycles. The number of ether oxygens (including phenoxy) is 2. The molecule has 1 amide bonds. The Morgan fingerprint density at radius 1 is 1.02 bits per heavy atom. The maximum atomic E-state index is 14.8. The number of nitrogens with zero attached hydrogens (tertiary/aromatic N) is 8. The standard InChI is InChI=1S/C31H27F4N9O3/c1-41-13-18(11-36-41)28(45)37-19-14-44-30(46-16-19)23(25(39-44)26(32)33)24-22(21-15-42(2)40-29(21)47-31(34)35)20-9-6-10-43(27(20)38-24)12-17-7-4-3-5-8-17/h3-11,13,15,19,26,31H,12,14,16H2,1-2H3,(H,37,45). The molecule has 0 aliphatic carbocycles. The molecule has 1 atom stereocenters. The monoisotopic (exact) mass is 649 g/mol. The van der Waals surface area contributed by atoms with Gasteiger partial charge in [-0.2, -0.15) is 19.0 Å². The highest BCUT2D eigenvalue weighted by atomic mass is 19.3. The lowest BCUT2D eigenvalue weighted by Crippen LogP contribution is -2.44. The molecule has 0 radical (unpaired) electrons. The summed E-state index contributed by atoms with van der Waals surface area (Å²) < 4.78 is 73.2. The van der Waals surface area contributed by atoms with E-state index in [1.807, 2.05) is 34.9 Å². The first kappa shape index (κ1) is 30.0. The number of hydrogen-bond donors (Lipinski definition) is 1. The minimum Gasteiger partial charge on any atom is -0.475 e. The van der Waals surface area contributed by atoms with Crippen LogP contribution in [-0.2, 0) is 27.2 Å². The van der Waals surface area contributed by atoms with Crippen LogP contribution in [0.1, 0.15) is 28.0 Å². The van der Waals surface area contributed by atoms with Crippen LogP contribution in [0.4, 0.5) is 17.6 Å². The van der Waals surface area contributed by atoms with Crippen LogP contribution in [0.3, 0.4) is 0 Å². The Labute approximate surface area is 264 Å². The Kier molecular flexibility index (Phi) is 7.61. The van der Waals surface area contributed by atoms with E-state index in [-0.39, 0.29) is 41.4 Å². The zero-order valence-corrected chi connectivity index (χ0v) is 25.0. The molecule has 242 valence electrons. The van der Waals surface area contributed by atoms with E-state index >= 15 is 0 Å². The molecule has 3 aliphatic heterocycles. The molecule has 7 rings (SSSR count). The zero-order chi connectivity index (χ0) is 32.8. The number of aromatic nitrogens is 8. The third-order valence-corrected chi connectivity index (χ3v) is 7.72. The first-order valence-electron chi connectivity index (χ1n) is 14.5. The molecule has 3 aromatic heterocycles. The van der Waals surface area contributed by atoms with Crippen LogP contribution in [0.25, 0.3) is 33.8 Å². The topological polar surface area (TPSA) is 119 Å². The summed E-state index contributed by atoms with van der Waals surface area (Å²) in [7, 11) is 3.21. The first-order chi connectivity index (χ1) is 22.7. The fourth-order valence-corrected chi connectivity index (χ4v) is 5.77. The molecule has 16 heteroatoms. The average Bonchev–Trinajstić information content (AvgIpc) is 3.81. The number of amides is 1. The number of fused-ring (bicyclic) bond motifs is 2. The molecule has 3 aliphatic rings. The predicted octanol–water partition coefficient (Wildman–Crippen LogP) is 4.76. The van der Waals surface area contributed by atoms with E-state index < -0.39 is 36.6 Å². The second-order valence-electron chi connectivity index (χ2n) is 11.0. The van der Waals surface area contributed by atoms with Gasteiger partial charge in [-0.1, -0.05) is 30.3 Å². The van der Waals surface area contributed by atoms with Gasteiger partial charge in [-0.15, -0.1) is 5.10 Å². The highest BCUT2D eigenvalue weighted by molar-refractivity contribution is 5.97. The Morgan fingerprint density at radius 3 is 2.55 bits per heavy atom. The number of benzene rings is 1. The predicted molar refractivity (Wildman–Crippen MR) is 159 cm³/mol. The zero-order valence-electron chi connectivity index (χ0n) is 25.0. The average molecular weight is 650 g/mol. The van der Waals surface area contributed by atoms with Crippen LogP contribution in [0, 0.1) is 0 Å². The Bertz CT molecular complexity index is 2030. The van der Waals surface area contributed by atoms with Crippen molar-refractivity contribution in [3.05, 3.63) is 84.1 Å². The summed E-state index contributed by atoms with van der Waals surface area (Å²) in [5.41, 5.74) is 1.47. The summed E-state index contributed by atoms with van der Waals surface area (Å²) in [6.07, 6.45) is 3.17. The summed E-state index contributed by atoms with van der Waals surface area (Å²) in [6, 6.07) is 12.4. The van der Waals surface area contributed by atoms with Gasteiger partial charge in [0, 0.05) is 50.4 Å². The van der Waals surface area contributed by atoms with E-state index in [0.717, 1.165) is 5.56 Å². The second-order valence-corrected chi connectivity index (χ2v) is 11.0. The molecule has 1 unspecified atom stereocenters. The molecular formula is C31H27F4N9O3. The quantitative estimate of drug-likeness (QED) is 0.224. The minimum atomic E-state index is -3.19. The Hall–Kier alpha value is -5.67. The van der Waals surface area contributed by atoms with Gasteiger partial charge < -0.3 is 19.4 Å². The summed E-state index contributed by atoms with van der Waals surface area (Å²) >= 11 is 0. The summed E-state index contributed by atoms with van der Waals surface area (Å²) in [5.74, 6) is -0.388. The lowest BCUT2D eigenvalue weighted by molar-refractivity contribution is -0.0527. The van der Waals surface area contributed by atoms with Crippen LogP contribution < -0.4 is 14.8 Å². The van der Waals surface area contributed by atoms with Gasteiger partial charge >= 0.3 is 6.61 Å². The largest absolute Gasteiger partial charge is 0.475 e. The maximum Gasteiger partial charge on any atom is 0.388 e. The third-order valence-electron chi connectivity index (χ3n) is 7.72. The van der Waals surface area contributed by atoms with Gasteiger partial charge in [0.2, 0.25) is 11.8 Å². The number of pyridine rings is 1. The molecule has 12 nitrogen and oxygen atoms in total. The van der Waals surface area contributed by atoms with Crippen molar-refractivity contribution in [1.29, 1.82) is 0 Å². The molecule has 0 spiro atoms. The fraction of sp³-hybridized carbons (Fsp3) is 0.258. The van der Waals surface area contributed by atoms with Gasteiger partial charge in [0.1, 0.15) is 18.1 Å². The van der Waals surface area contributed by atoms with E-state index in [1.165, 1.54) is 33.5 Å². The van der Waals surface area contributed by atoms with Crippen molar-refractivity contribution in [1.82, 2.24) is 44.2 Å². The van der Waals surface area contributed by atoms with Crippen LogP contribution in [0.15, 0.2) is 67.3 Å². The van der Waals surface area contributed by atoms with E-state index in [0.29, 0.717) is 23.5 Å². The van der Waals surface area contributed by atoms with Crippen molar-refractivity contribution < 1.29 is 31.8 Å². The molecule has 0 saturated heterocycles. The van der Waals surface area contributed by atoms with E-state index in [4.69, 9.17) is 14.5 Å². The summed E-state index contributed by atoms with van der Waals surface area (Å²) in [4.78, 5) is 17.6. The van der Waals surface area contributed by atoms with Crippen molar-refractivity contribution in [3.8, 4) is 45.5 Å². The lowest BCUT2D eigenvalue weighted by Gasteiger charge is -2.25. The van der Waals surface area contributed by atoms with Gasteiger partial charge in [-0.25, -0.2) is 18.4 Å². The van der Waals surface area contributed by atoms with Gasteiger partial charge in [0.25, 0.3) is 12.3 Å². The van der Waals surface area contributed by atoms with Crippen molar-refractivity contribution in [3.63, 3.8) is 0 Å². The number of alkyl halides is 4. The number of halogens is 4. The van der Waals surface area contributed by atoms with Crippen LogP contribution in [0.5, 0.6) is 11.8 Å². The van der Waals surface area contributed by atoms with Gasteiger partial charge in [0.05, 0.1) is 41.2 Å². The number of aryl methyl sites for hydroxylation is 2. The summed E-state index contributed by atoms with van der Waals surface area (Å²) in [6.45, 7) is -2.82. The number of carbonyl (C=O) groups is 1. The number of hydrogen-bond acceptors (Lipinski definition) is 7. The first-order valence-corrected chi connectivity index (χ1v) is 14.5. The molecule has 0 fully saturated rings. The number of rotatable bonds is 9. The van der Waals surface area contributed by atoms with E-state index in [9.17, 15) is 22.4 Å². The molecule has 4 aromatic rings. The van der Waals surface area contributed by atoms with Crippen molar-refractivity contribution in [2.24, 2.45) is 14.1 Å². The van der Waals surface area contributed by atoms with Crippen LogP contribution >= 0.6 is 0 Å². The van der Waals surface area contributed by atoms with Gasteiger partial charge in [-0.3, -0.25) is 14.2 Å². The van der Waals surface area contributed by atoms with Gasteiger partial charge in [-0.05, 0) is 17.7 Å². The number of nitrogens with one attached hydrogen (secondary N) is 1. The molecule has 1 N–H and O–H groups in total. The molecule has 0 bridgehead atoms. The lowest BCUT2D eigenvalue weighted by atomic mass is 9.98. The molecule has 47 heavy (non-hydrogen) atoms. The van der Waals surface area contributed by atoms with Crippen LogP contribution in [0.2, 0.25) is 0 Å². The third kappa shape index (κ3) is 5.66. The SMILES string of the molecule is Cn1cc(C(=O)NC2COc3c(-c4nc5n(Cc6ccccc6)cccc-5c4-c4cn(C)nc4OC(F)F)c(C(F)F)nn3C2)cn1. The van der Waals surface area contributed by atoms with Crippen molar-refractivity contribution in [2.75, 3.05) is 6.61 Å². The van der Waals surface area contributed by atoms with Crippen molar-refractivity contribution >= 4 is 5.91 Å². The maximum absolute atomic E-state index is 14.8. The van der Waals surface area contributed by atoms with E-state index in [1.54, 1.807) is 31.6 Å². The smallest absolute Gasteiger partial charge is 0.388 e. The molecule has 6 heterocycles.